The van der Waals surface area contributed by atoms with Gasteiger partial charge in [0, 0.05) is 12.5 Å². The maximum Gasteiger partial charge on any atom is 0.261 e. The fraction of sp³-hybridized carbons (Fsp3) is 0.300. The second kappa shape index (κ2) is 8.38. The van der Waals surface area contributed by atoms with Crippen molar-refractivity contribution in [1.82, 2.24) is 4.98 Å². The molecular weight excluding hydrogens is 410 g/mol. The molecule has 0 aliphatic heterocycles. The van der Waals surface area contributed by atoms with E-state index in [1.54, 1.807) is 31.2 Å². The zero-order chi connectivity index (χ0) is 21.2. The Labute approximate surface area is 174 Å². The number of anilines is 2. The summed E-state index contributed by atoms with van der Waals surface area (Å²) in [5.74, 6) is 0.595. The summed E-state index contributed by atoms with van der Waals surface area (Å²) in [4.78, 5) is 16.2. The number of sulfonamides is 1. The Bertz CT molecular complexity index is 1140. The standard InChI is InChI=1S/C20H23N3O4S2/c1-5-18(24)21-20-22-19-16(27-4)10-14(11-17(19)28-20)23-29(25,26)15-8-6-13(7-9-15)12(2)3/h6-12,23H,5H2,1-4H3,(H,21,22,24). The van der Waals surface area contributed by atoms with Crippen LogP contribution < -0.4 is 14.8 Å². The highest BCUT2D eigenvalue weighted by molar-refractivity contribution is 7.92. The smallest absolute Gasteiger partial charge is 0.261 e. The topological polar surface area (TPSA) is 97.4 Å². The molecule has 0 bridgehead atoms. The van der Waals surface area contributed by atoms with Crippen LogP contribution in [0.3, 0.4) is 0 Å². The van der Waals surface area contributed by atoms with Crippen molar-refractivity contribution in [2.45, 2.75) is 38.0 Å². The number of carbonyl (C=O) groups excluding carboxylic acids is 1. The number of ether oxygens (including phenoxy) is 1. The summed E-state index contributed by atoms with van der Waals surface area (Å²) in [6.07, 6.45) is 0.341. The van der Waals surface area contributed by atoms with E-state index in [9.17, 15) is 13.2 Å². The zero-order valence-corrected chi connectivity index (χ0v) is 18.3. The first-order valence-electron chi connectivity index (χ1n) is 9.14. The first-order valence-corrected chi connectivity index (χ1v) is 11.4. The van der Waals surface area contributed by atoms with Crippen LogP contribution in [0.15, 0.2) is 41.3 Å². The van der Waals surface area contributed by atoms with Crippen molar-refractivity contribution in [1.29, 1.82) is 0 Å². The van der Waals surface area contributed by atoms with E-state index in [0.717, 1.165) is 5.56 Å². The molecule has 2 aromatic carbocycles. The van der Waals surface area contributed by atoms with Crippen molar-refractivity contribution < 1.29 is 17.9 Å². The van der Waals surface area contributed by atoms with Crippen LogP contribution in [0.1, 0.15) is 38.7 Å². The summed E-state index contributed by atoms with van der Waals surface area (Å²) in [6, 6.07) is 10.1. The van der Waals surface area contributed by atoms with Crippen LogP contribution in [0.2, 0.25) is 0 Å². The highest BCUT2D eigenvalue weighted by Crippen LogP contribution is 2.36. The summed E-state index contributed by atoms with van der Waals surface area (Å²) in [5.41, 5.74) is 1.99. The second-order valence-electron chi connectivity index (χ2n) is 6.78. The van der Waals surface area contributed by atoms with Gasteiger partial charge in [-0.15, -0.1) is 0 Å². The summed E-state index contributed by atoms with van der Waals surface area (Å²) in [6.45, 7) is 5.86. The van der Waals surface area contributed by atoms with E-state index < -0.39 is 10.0 Å². The number of carbonyl (C=O) groups is 1. The summed E-state index contributed by atoms with van der Waals surface area (Å²) < 4.78 is 34.2. The van der Waals surface area contributed by atoms with Crippen LogP contribution in [0, 0.1) is 0 Å². The Kier molecular flexibility index (Phi) is 6.09. The minimum Gasteiger partial charge on any atom is -0.494 e. The second-order valence-corrected chi connectivity index (χ2v) is 9.49. The van der Waals surface area contributed by atoms with Crippen LogP contribution in [0.4, 0.5) is 10.8 Å². The molecule has 0 fully saturated rings. The average Bonchev–Trinajstić information content (AvgIpc) is 3.09. The number of nitrogens with zero attached hydrogens (tertiary/aromatic N) is 1. The molecule has 3 rings (SSSR count). The molecule has 154 valence electrons. The molecule has 1 heterocycles. The Morgan fingerprint density at radius 1 is 1.21 bits per heavy atom. The van der Waals surface area contributed by atoms with Crippen molar-refractivity contribution in [2.24, 2.45) is 0 Å². The van der Waals surface area contributed by atoms with Gasteiger partial charge >= 0.3 is 0 Å². The largest absolute Gasteiger partial charge is 0.494 e. The van der Waals surface area contributed by atoms with Crippen LogP contribution >= 0.6 is 11.3 Å². The molecule has 2 N–H and O–H groups in total. The number of fused-ring (bicyclic) bond motifs is 1. The summed E-state index contributed by atoms with van der Waals surface area (Å²) >= 11 is 1.25. The van der Waals surface area contributed by atoms with Gasteiger partial charge in [0.05, 0.1) is 22.4 Å². The third kappa shape index (κ3) is 4.68. The van der Waals surface area contributed by atoms with Gasteiger partial charge in [-0.05, 0) is 29.7 Å². The Balaban J connectivity index is 1.93. The fourth-order valence-electron chi connectivity index (χ4n) is 2.72. The molecule has 0 aliphatic rings. The first kappa shape index (κ1) is 21.1. The van der Waals surface area contributed by atoms with Crippen molar-refractivity contribution >= 4 is 48.3 Å². The number of amides is 1. The molecule has 7 nitrogen and oxygen atoms in total. The monoisotopic (exact) mass is 433 g/mol. The highest BCUT2D eigenvalue weighted by atomic mass is 32.2. The van der Waals surface area contributed by atoms with E-state index in [1.807, 2.05) is 12.1 Å². The predicted octanol–water partition coefficient (Wildman–Crippen LogP) is 4.58. The summed E-state index contributed by atoms with van der Waals surface area (Å²) in [7, 11) is -2.27. The van der Waals surface area contributed by atoms with Crippen molar-refractivity contribution in [2.75, 3.05) is 17.1 Å². The van der Waals surface area contributed by atoms with Gasteiger partial charge in [0.2, 0.25) is 5.91 Å². The molecule has 0 saturated carbocycles. The van der Waals surface area contributed by atoms with Gasteiger partial charge in [-0.3, -0.25) is 9.52 Å². The third-order valence-corrected chi connectivity index (χ3v) is 6.67. The van der Waals surface area contributed by atoms with E-state index >= 15 is 0 Å². The van der Waals surface area contributed by atoms with Gasteiger partial charge < -0.3 is 10.1 Å². The Hall–Kier alpha value is -2.65. The maximum atomic E-state index is 12.8. The number of hydrogen-bond acceptors (Lipinski definition) is 6. The molecule has 0 radical (unpaired) electrons. The van der Waals surface area contributed by atoms with Crippen molar-refractivity contribution in [3.05, 3.63) is 42.0 Å². The van der Waals surface area contributed by atoms with E-state index in [-0.39, 0.29) is 10.8 Å². The highest BCUT2D eigenvalue weighted by Gasteiger charge is 2.18. The lowest BCUT2D eigenvalue weighted by molar-refractivity contribution is -0.115. The predicted molar refractivity (Wildman–Crippen MR) is 116 cm³/mol. The Morgan fingerprint density at radius 3 is 2.48 bits per heavy atom. The minimum absolute atomic E-state index is 0.145. The van der Waals surface area contributed by atoms with Gasteiger partial charge in [-0.25, -0.2) is 13.4 Å². The van der Waals surface area contributed by atoms with Gasteiger partial charge in [0.25, 0.3) is 10.0 Å². The zero-order valence-electron chi connectivity index (χ0n) is 16.6. The number of rotatable bonds is 7. The number of thiazole rings is 1. The molecule has 1 amide bonds. The van der Waals surface area contributed by atoms with Crippen LogP contribution in [0.25, 0.3) is 10.2 Å². The van der Waals surface area contributed by atoms with Gasteiger partial charge in [0.15, 0.2) is 5.13 Å². The molecule has 0 aliphatic carbocycles. The van der Waals surface area contributed by atoms with Crippen LogP contribution in [-0.2, 0) is 14.8 Å². The lowest BCUT2D eigenvalue weighted by atomic mass is 10.0. The normalized spacial score (nSPS) is 11.6. The number of aromatic nitrogens is 1. The van der Waals surface area contributed by atoms with Crippen LogP contribution in [0.5, 0.6) is 5.75 Å². The quantitative estimate of drug-likeness (QED) is 0.568. The lowest BCUT2D eigenvalue weighted by Crippen LogP contribution is -2.13. The van der Waals surface area contributed by atoms with Gasteiger partial charge in [-0.2, -0.15) is 0 Å². The molecule has 9 heteroatoms. The third-order valence-electron chi connectivity index (χ3n) is 4.36. The van der Waals surface area contributed by atoms with Crippen molar-refractivity contribution in [3.63, 3.8) is 0 Å². The molecule has 3 aromatic rings. The lowest BCUT2D eigenvalue weighted by Gasteiger charge is -2.11. The molecule has 0 atom stereocenters. The fourth-order valence-corrected chi connectivity index (χ4v) is 4.70. The summed E-state index contributed by atoms with van der Waals surface area (Å²) in [5, 5.41) is 3.15. The average molecular weight is 434 g/mol. The molecule has 0 spiro atoms. The van der Waals surface area contributed by atoms with E-state index in [4.69, 9.17) is 4.74 Å². The van der Waals surface area contributed by atoms with E-state index in [1.165, 1.54) is 18.4 Å². The number of methoxy groups -OCH3 is 1. The molecule has 29 heavy (non-hydrogen) atoms. The van der Waals surface area contributed by atoms with Crippen LogP contribution in [-0.4, -0.2) is 26.4 Å². The molecule has 0 saturated heterocycles. The number of nitrogens with one attached hydrogen (secondary N) is 2. The number of hydrogen-bond donors (Lipinski definition) is 2. The minimum atomic E-state index is -3.76. The Morgan fingerprint density at radius 2 is 1.90 bits per heavy atom. The molecular formula is C20H23N3O4S2. The van der Waals surface area contributed by atoms with Crippen molar-refractivity contribution in [3.8, 4) is 5.75 Å². The van der Waals surface area contributed by atoms with Gasteiger partial charge in [-0.1, -0.05) is 44.2 Å². The first-order chi connectivity index (χ1) is 13.7. The SMILES string of the molecule is CCC(=O)Nc1nc2c(OC)cc(NS(=O)(=O)c3ccc(C(C)C)cc3)cc2s1. The van der Waals surface area contributed by atoms with E-state index in [0.29, 0.717) is 39.1 Å². The van der Waals surface area contributed by atoms with Gasteiger partial charge in [0.1, 0.15) is 11.3 Å². The molecule has 1 aromatic heterocycles. The molecule has 0 unspecified atom stereocenters. The number of benzene rings is 2. The van der Waals surface area contributed by atoms with E-state index in [2.05, 4.69) is 28.9 Å². The maximum absolute atomic E-state index is 12.8.